The lowest BCUT2D eigenvalue weighted by Gasteiger charge is -2.21. The number of aliphatic hydroxyl groups is 1. The number of esters is 4. The second-order valence-electron chi connectivity index (χ2n) is 31.9. The number of phosphoric acid groups is 2. The van der Waals surface area contributed by atoms with Crippen molar-refractivity contribution in [2.75, 3.05) is 39.6 Å². The van der Waals surface area contributed by atoms with Crippen LogP contribution in [0.15, 0.2) is 0 Å². The van der Waals surface area contributed by atoms with Crippen LogP contribution in [0, 0.1) is 23.7 Å². The molecule has 0 saturated carbocycles. The zero-order chi connectivity index (χ0) is 76.0. The molecule has 0 radical (unpaired) electrons. The number of carbonyl (C=O) groups excluding carboxylic acids is 4. The largest absolute Gasteiger partial charge is 0.472 e. The first-order valence-corrected chi connectivity index (χ1v) is 46.2. The number of carbonyl (C=O) groups is 4. The van der Waals surface area contributed by atoms with E-state index >= 15 is 0 Å². The standard InChI is InChI=1S/C84H164O17P2/c1-9-77(8)63-55-47-39-31-27-23-19-15-11-13-16-20-24-28-32-40-48-56-64-81(86)94-70-79(100-83(88)66-58-50-41-33-29-25-21-17-12-10-14-18-22-26-30-36-44-52-60-74(2)3)72-98-102(90,91)96-68-78(85)69-97-103(92,93)99-73-80(101-84(89)67-59-51-43-35-38-46-54-62-76(6)7)71-95-82(87)65-57-49-42-34-37-45-53-61-75(4)5/h74-80,85H,9-73H2,1-8H3,(H,90,91)(H,92,93)/t77?,78?,79-,80-/m1/s1. The average molecular weight is 1510 g/mol. The van der Waals surface area contributed by atoms with E-state index in [2.05, 4.69) is 55.4 Å². The summed E-state index contributed by atoms with van der Waals surface area (Å²) >= 11 is 0. The summed E-state index contributed by atoms with van der Waals surface area (Å²) in [4.78, 5) is 73.0. The number of hydrogen-bond acceptors (Lipinski definition) is 15. The molecule has 19 heteroatoms. The van der Waals surface area contributed by atoms with E-state index in [0.29, 0.717) is 37.5 Å². The minimum absolute atomic E-state index is 0.103. The first-order chi connectivity index (χ1) is 49.6. The second kappa shape index (κ2) is 72.9. The van der Waals surface area contributed by atoms with Crippen LogP contribution < -0.4 is 0 Å². The fourth-order valence-corrected chi connectivity index (χ4v) is 14.5. The number of hydrogen-bond donors (Lipinski definition) is 3. The maximum absolute atomic E-state index is 13.1. The van der Waals surface area contributed by atoms with Gasteiger partial charge in [0.25, 0.3) is 0 Å². The summed E-state index contributed by atoms with van der Waals surface area (Å²) in [6, 6.07) is 0. The van der Waals surface area contributed by atoms with Gasteiger partial charge in [-0.2, -0.15) is 0 Å². The van der Waals surface area contributed by atoms with Crippen LogP contribution in [0.25, 0.3) is 0 Å². The SMILES string of the molecule is CCC(C)CCCCCCCCCCCCCCCCCCCCC(=O)OC[C@H](COP(=O)(O)OCC(O)COP(=O)(O)OC[C@@H](COC(=O)CCCCCCCCCC(C)C)OC(=O)CCCCCCCCCC(C)C)OC(=O)CCCCCCCCCCCCCCCCCCCCC(C)C. The smallest absolute Gasteiger partial charge is 0.462 e. The van der Waals surface area contributed by atoms with E-state index in [-0.39, 0.29) is 25.7 Å². The highest BCUT2D eigenvalue weighted by atomic mass is 31.2. The summed E-state index contributed by atoms with van der Waals surface area (Å²) in [7, 11) is -9.92. The van der Waals surface area contributed by atoms with Gasteiger partial charge in [-0.1, -0.05) is 383 Å². The molecule has 612 valence electrons. The quantitative estimate of drug-likeness (QED) is 0.0222. The van der Waals surface area contributed by atoms with Gasteiger partial charge in [0.1, 0.15) is 19.3 Å². The first-order valence-electron chi connectivity index (χ1n) is 43.2. The van der Waals surface area contributed by atoms with Gasteiger partial charge in [0.05, 0.1) is 26.4 Å². The summed E-state index contributed by atoms with van der Waals surface area (Å²) in [6.07, 6.45) is 61.5. The van der Waals surface area contributed by atoms with Crippen LogP contribution in [-0.4, -0.2) is 96.7 Å². The average Bonchev–Trinajstić information content (AvgIpc) is 0.910. The molecule has 3 N–H and O–H groups in total. The Hall–Kier alpha value is -1.94. The van der Waals surface area contributed by atoms with Gasteiger partial charge in [-0.15, -0.1) is 0 Å². The molecule has 0 aromatic heterocycles. The van der Waals surface area contributed by atoms with Crippen LogP contribution in [0.4, 0.5) is 0 Å². The van der Waals surface area contributed by atoms with Crippen molar-refractivity contribution in [3.05, 3.63) is 0 Å². The Morgan fingerprint density at radius 1 is 0.272 bits per heavy atom. The van der Waals surface area contributed by atoms with Gasteiger partial charge in [-0.05, 0) is 49.4 Å². The Labute approximate surface area is 632 Å². The molecular weight excluding hydrogens is 1340 g/mol. The van der Waals surface area contributed by atoms with Crippen molar-refractivity contribution in [1.29, 1.82) is 0 Å². The molecule has 0 bridgehead atoms. The Kier molecular flexibility index (Phi) is 71.5. The maximum atomic E-state index is 13.1. The van der Waals surface area contributed by atoms with Crippen LogP contribution in [0.3, 0.4) is 0 Å². The maximum Gasteiger partial charge on any atom is 0.472 e. The molecule has 0 rings (SSSR count). The fourth-order valence-electron chi connectivity index (χ4n) is 12.9. The Bertz CT molecular complexity index is 2010. The third-order valence-electron chi connectivity index (χ3n) is 19.9. The van der Waals surface area contributed by atoms with E-state index in [1.807, 2.05) is 0 Å². The zero-order valence-electron chi connectivity index (χ0n) is 68.0. The van der Waals surface area contributed by atoms with Gasteiger partial charge < -0.3 is 33.8 Å². The van der Waals surface area contributed by atoms with Gasteiger partial charge in [0.15, 0.2) is 12.2 Å². The second-order valence-corrected chi connectivity index (χ2v) is 34.8. The molecular formula is C84H164O17P2. The number of rotatable bonds is 81. The molecule has 0 fully saturated rings. The molecule has 6 atom stereocenters. The molecule has 0 saturated heterocycles. The van der Waals surface area contributed by atoms with E-state index < -0.39 is 97.5 Å². The molecule has 0 aromatic rings. The van der Waals surface area contributed by atoms with Gasteiger partial charge in [0, 0.05) is 25.7 Å². The number of aliphatic hydroxyl groups excluding tert-OH is 1. The third kappa shape index (κ3) is 76.6. The van der Waals surface area contributed by atoms with E-state index in [4.69, 9.17) is 37.0 Å². The highest BCUT2D eigenvalue weighted by Gasteiger charge is 2.30. The van der Waals surface area contributed by atoms with Crippen molar-refractivity contribution in [3.63, 3.8) is 0 Å². The minimum atomic E-state index is -4.96. The lowest BCUT2D eigenvalue weighted by Crippen LogP contribution is -2.30. The predicted molar refractivity (Wildman–Crippen MR) is 423 cm³/mol. The topological polar surface area (TPSA) is 237 Å². The molecule has 0 spiro atoms. The minimum Gasteiger partial charge on any atom is -0.462 e. The van der Waals surface area contributed by atoms with Crippen molar-refractivity contribution in [3.8, 4) is 0 Å². The molecule has 0 aromatic carbocycles. The summed E-state index contributed by atoms with van der Waals surface area (Å²) in [5.74, 6) is 0.979. The van der Waals surface area contributed by atoms with Crippen molar-refractivity contribution in [2.24, 2.45) is 23.7 Å². The summed E-state index contributed by atoms with van der Waals surface area (Å²) in [5, 5.41) is 10.6. The molecule has 0 heterocycles. The molecule has 17 nitrogen and oxygen atoms in total. The van der Waals surface area contributed by atoms with Crippen LogP contribution in [0.2, 0.25) is 0 Å². The van der Waals surface area contributed by atoms with Crippen molar-refractivity contribution in [1.82, 2.24) is 0 Å². The van der Waals surface area contributed by atoms with Gasteiger partial charge in [-0.25, -0.2) is 9.13 Å². The first kappa shape index (κ1) is 101. The molecule has 0 aliphatic heterocycles. The summed E-state index contributed by atoms with van der Waals surface area (Å²) in [5.41, 5.74) is 0. The van der Waals surface area contributed by atoms with E-state index in [1.54, 1.807) is 0 Å². The lowest BCUT2D eigenvalue weighted by molar-refractivity contribution is -0.161. The van der Waals surface area contributed by atoms with Crippen molar-refractivity contribution < 1.29 is 80.2 Å². The fraction of sp³-hybridized carbons (Fsp3) is 0.952. The van der Waals surface area contributed by atoms with Crippen molar-refractivity contribution in [2.45, 2.75) is 453 Å². The van der Waals surface area contributed by atoms with E-state index in [0.717, 1.165) is 108 Å². The van der Waals surface area contributed by atoms with Gasteiger partial charge in [0.2, 0.25) is 0 Å². The number of ether oxygens (including phenoxy) is 4. The van der Waals surface area contributed by atoms with Crippen LogP contribution >= 0.6 is 15.6 Å². The van der Waals surface area contributed by atoms with Gasteiger partial charge in [-0.3, -0.25) is 37.3 Å². The monoisotopic (exact) mass is 1510 g/mol. The highest BCUT2D eigenvalue weighted by molar-refractivity contribution is 7.47. The normalized spacial score (nSPS) is 14.2. The molecule has 0 aliphatic rings. The molecule has 103 heavy (non-hydrogen) atoms. The zero-order valence-corrected chi connectivity index (χ0v) is 69.7. The molecule has 0 amide bonds. The molecule has 0 aliphatic carbocycles. The number of phosphoric ester groups is 2. The highest BCUT2D eigenvalue weighted by Crippen LogP contribution is 2.45. The number of unbranched alkanes of at least 4 members (excludes halogenated alkanes) is 46. The Balaban J connectivity index is 5.17. The van der Waals surface area contributed by atoms with Crippen LogP contribution in [0.5, 0.6) is 0 Å². The molecule has 4 unspecified atom stereocenters. The predicted octanol–water partition coefficient (Wildman–Crippen LogP) is 25.2. The van der Waals surface area contributed by atoms with Gasteiger partial charge >= 0.3 is 39.5 Å². The van der Waals surface area contributed by atoms with E-state index in [1.165, 1.54) is 231 Å². The van der Waals surface area contributed by atoms with Crippen LogP contribution in [0.1, 0.15) is 434 Å². The Morgan fingerprint density at radius 3 is 0.689 bits per heavy atom. The lowest BCUT2D eigenvalue weighted by atomic mass is 9.99. The Morgan fingerprint density at radius 2 is 0.466 bits per heavy atom. The summed E-state index contributed by atoms with van der Waals surface area (Å²) in [6.45, 7) is 14.2. The van der Waals surface area contributed by atoms with Crippen molar-refractivity contribution >= 4 is 39.5 Å². The van der Waals surface area contributed by atoms with E-state index in [9.17, 15) is 43.2 Å². The summed E-state index contributed by atoms with van der Waals surface area (Å²) < 4.78 is 68.7. The van der Waals surface area contributed by atoms with Crippen LogP contribution in [-0.2, 0) is 65.4 Å². The third-order valence-corrected chi connectivity index (χ3v) is 21.8.